The van der Waals surface area contributed by atoms with Gasteiger partial charge in [-0.3, -0.25) is 9.36 Å². The molecule has 6 nitrogen and oxygen atoms in total. The van der Waals surface area contributed by atoms with E-state index in [1.54, 1.807) is 10.9 Å². The number of aromatic nitrogens is 2. The van der Waals surface area contributed by atoms with E-state index in [2.05, 4.69) is 9.88 Å². The lowest BCUT2D eigenvalue weighted by Gasteiger charge is -2.24. The van der Waals surface area contributed by atoms with Crippen LogP contribution in [0, 0.1) is 5.92 Å². The summed E-state index contributed by atoms with van der Waals surface area (Å²) in [5.41, 5.74) is 1.47. The molecule has 4 rings (SSSR count). The van der Waals surface area contributed by atoms with E-state index < -0.39 is 0 Å². The molecule has 1 fully saturated rings. The molecule has 2 heterocycles. The van der Waals surface area contributed by atoms with Crippen molar-refractivity contribution in [3.8, 4) is 11.4 Å². The third-order valence-electron chi connectivity index (χ3n) is 5.23. The van der Waals surface area contributed by atoms with Crippen LogP contribution in [-0.4, -0.2) is 48.3 Å². The summed E-state index contributed by atoms with van der Waals surface area (Å²) in [5, 5.41) is 0. The maximum atomic E-state index is 13.0. The van der Waals surface area contributed by atoms with Gasteiger partial charge >= 0.3 is 0 Å². The minimum Gasteiger partial charge on any atom is -0.492 e. The van der Waals surface area contributed by atoms with Crippen molar-refractivity contribution >= 4 is 21.6 Å². The molecule has 1 aliphatic carbocycles. The third kappa shape index (κ3) is 4.86. The van der Waals surface area contributed by atoms with Crippen molar-refractivity contribution in [3.05, 3.63) is 51.9 Å². The number of nitrogens with zero attached hydrogens (tertiary/aromatic N) is 3. The molecule has 0 radical (unpaired) electrons. The highest BCUT2D eigenvalue weighted by Gasteiger charge is 2.17. The number of ether oxygens (including phenoxy) is 2. The van der Waals surface area contributed by atoms with Crippen LogP contribution in [-0.2, 0) is 11.3 Å². The summed E-state index contributed by atoms with van der Waals surface area (Å²) < 4.78 is 13.8. The molecule has 1 saturated carbocycles. The molecular formula is C22H27N3O3S. The fourth-order valence-electron chi connectivity index (χ4n) is 3.25. The van der Waals surface area contributed by atoms with Crippen LogP contribution in [0.15, 0.2) is 41.5 Å². The van der Waals surface area contributed by atoms with Gasteiger partial charge in [0.15, 0.2) is 0 Å². The Morgan fingerprint density at radius 3 is 2.72 bits per heavy atom. The zero-order chi connectivity index (χ0) is 20.2. The standard InChI is InChI=1S/C22H27N3O3S/c1-24(2)10-11-28-18-8-6-17(7-9-18)25-15-23-20-12-19(29-21(20)22(25)26)14-27-13-16-4-3-5-16/h6-9,12,15-16H,3-5,10-11,13-14H2,1-2H3. The molecule has 0 unspecified atom stereocenters. The van der Waals surface area contributed by atoms with Gasteiger partial charge in [0.25, 0.3) is 5.56 Å². The van der Waals surface area contributed by atoms with Gasteiger partial charge in [0.2, 0.25) is 0 Å². The van der Waals surface area contributed by atoms with Crippen LogP contribution in [0.3, 0.4) is 0 Å². The molecule has 0 saturated heterocycles. The number of rotatable bonds is 9. The maximum Gasteiger partial charge on any atom is 0.275 e. The van der Waals surface area contributed by atoms with Gasteiger partial charge < -0.3 is 14.4 Å². The molecule has 2 aromatic heterocycles. The number of likely N-dealkylation sites (N-methyl/N-ethyl adjacent to an activating group) is 1. The summed E-state index contributed by atoms with van der Waals surface area (Å²) >= 11 is 1.48. The van der Waals surface area contributed by atoms with E-state index in [4.69, 9.17) is 9.47 Å². The Balaban J connectivity index is 1.45. The first-order valence-electron chi connectivity index (χ1n) is 10.1. The summed E-state index contributed by atoms with van der Waals surface area (Å²) in [6.45, 7) is 2.85. The number of benzene rings is 1. The summed E-state index contributed by atoms with van der Waals surface area (Å²) in [5.74, 6) is 1.51. The van der Waals surface area contributed by atoms with Gasteiger partial charge in [-0.25, -0.2) is 4.98 Å². The fraction of sp³-hybridized carbons (Fsp3) is 0.455. The summed E-state index contributed by atoms with van der Waals surface area (Å²) in [6, 6.07) is 9.51. The smallest absolute Gasteiger partial charge is 0.275 e. The molecule has 0 bridgehead atoms. The lowest BCUT2D eigenvalue weighted by molar-refractivity contribution is 0.0611. The number of fused-ring (bicyclic) bond motifs is 1. The van der Waals surface area contributed by atoms with Gasteiger partial charge in [-0.2, -0.15) is 0 Å². The van der Waals surface area contributed by atoms with Crippen molar-refractivity contribution < 1.29 is 9.47 Å². The lowest BCUT2D eigenvalue weighted by atomic mass is 9.86. The van der Waals surface area contributed by atoms with E-state index in [9.17, 15) is 4.79 Å². The zero-order valence-corrected chi connectivity index (χ0v) is 17.8. The van der Waals surface area contributed by atoms with Crippen LogP contribution in [0.4, 0.5) is 0 Å². The Labute approximate surface area is 174 Å². The second-order valence-electron chi connectivity index (χ2n) is 7.80. The predicted octanol–water partition coefficient (Wildman–Crippen LogP) is 3.70. The Hall–Kier alpha value is -2.22. The van der Waals surface area contributed by atoms with Gasteiger partial charge in [0.05, 0.1) is 17.8 Å². The quantitative estimate of drug-likeness (QED) is 0.535. The molecule has 1 aliphatic rings. The maximum absolute atomic E-state index is 13.0. The second-order valence-corrected chi connectivity index (χ2v) is 8.94. The first kappa shape index (κ1) is 20.1. The van der Waals surface area contributed by atoms with E-state index in [0.29, 0.717) is 17.9 Å². The first-order valence-corrected chi connectivity index (χ1v) is 10.9. The Morgan fingerprint density at radius 1 is 1.24 bits per heavy atom. The largest absolute Gasteiger partial charge is 0.492 e. The predicted molar refractivity (Wildman–Crippen MR) is 116 cm³/mol. The van der Waals surface area contributed by atoms with Crippen LogP contribution < -0.4 is 10.3 Å². The van der Waals surface area contributed by atoms with Gasteiger partial charge in [-0.05, 0) is 63.2 Å². The summed E-state index contributed by atoms with van der Waals surface area (Å²) in [7, 11) is 4.02. The molecule has 3 aromatic rings. The average molecular weight is 414 g/mol. The number of thiophene rings is 1. The molecule has 0 amide bonds. The molecule has 29 heavy (non-hydrogen) atoms. The van der Waals surface area contributed by atoms with Gasteiger partial charge in [0.1, 0.15) is 23.4 Å². The normalized spacial score (nSPS) is 14.4. The van der Waals surface area contributed by atoms with Gasteiger partial charge in [-0.1, -0.05) is 6.42 Å². The van der Waals surface area contributed by atoms with Crippen LogP contribution in [0.5, 0.6) is 5.75 Å². The van der Waals surface area contributed by atoms with Gasteiger partial charge in [0, 0.05) is 18.0 Å². The fourth-order valence-corrected chi connectivity index (χ4v) is 4.23. The topological polar surface area (TPSA) is 56.6 Å². The first-order chi connectivity index (χ1) is 14.1. The van der Waals surface area contributed by atoms with E-state index in [-0.39, 0.29) is 5.56 Å². The Bertz CT molecular complexity index is 1010. The van der Waals surface area contributed by atoms with E-state index in [0.717, 1.165) is 40.9 Å². The Kier molecular flexibility index (Phi) is 6.28. The van der Waals surface area contributed by atoms with Crippen molar-refractivity contribution in [2.75, 3.05) is 33.9 Å². The van der Waals surface area contributed by atoms with Crippen molar-refractivity contribution in [1.29, 1.82) is 0 Å². The third-order valence-corrected chi connectivity index (χ3v) is 6.32. The molecule has 154 valence electrons. The monoisotopic (exact) mass is 413 g/mol. The van der Waals surface area contributed by atoms with Crippen molar-refractivity contribution in [1.82, 2.24) is 14.5 Å². The summed E-state index contributed by atoms with van der Waals surface area (Å²) in [4.78, 5) is 20.6. The highest BCUT2D eigenvalue weighted by Crippen LogP contribution is 2.27. The van der Waals surface area contributed by atoms with Gasteiger partial charge in [-0.15, -0.1) is 11.3 Å². The minimum absolute atomic E-state index is 0.0495. The highest BCUT2D eigenvalue weighted by molar-refractivity contribution is 7.18. The molecule has 0 N–H and O–H groups in total. The van der Waals surface area contributed by atoms with Crippen LogP contribution >= 0.6 is 11.3 Å². The van der Waals surface area contributed by atoms with Crippen LogP contribution in [0.1, 0.15) is 24.1 Å². The van der Waals surface area contributed by atoms with Crippen LogP contribution in [0.25, 0.3) is 15.9 Å². The van der Waals surface area contributed by atoms with Crippen LogP contribution in [0.2, 0.25) is 0 Å². The van der Waals surface area contributed by atoms with Crippen molar-refractivity contribution in [2.45, 2.75) is 25.9 Å². The average Bonchev–Trinajstić information content (AvgIpc) is 3.09. The Morgan fingerprint density at radius 2 is 2.03 bits per heavy atom. The highest BCUT2D eigenvalue weighted by atomic mass is 32.1. The zero-order valence-electron chi connectivity index (χ0n) is 17.0. The molecule has 1 aromatic carbocycles. The second kappa shape index (κ2) is 9.07. The molecular weight excluding hydrogens is 386 g/mol. The van der Waals surface area contributed by atoms with E-state index >= 15 is 0 Å². The van der Waals surface area contributed by atoms with E-state index in [1.165, 1.54) is 30.6 Å². The SMILES string of the molecule is CN(C)CCOc1ccc(-n2cnc3cc(COCC4CCC4)sc3c2=O)cc1. The number of hydrogen-bond donors (Lipinski definition) is 0. The summed E-state index contributed by atoms with van der Waals surface area (Å²) in [6.07, 6.45) is 5.47. The van der Waals surface area contributed by atoms with E-state index in [1.807, 2.05) is 44.4 Å². The van der Waals surface area contributed by atoms with Crippen molar-refractivity contribution in [3.63, 3.8) is 0 Å². The molecule has 0 spiro atoms. The van der Waals surface area contributed by atoms with Crippen molar-refractivity contribution in [2.24, 2.45) is 5.92 Å². The lowest BCUT2D eigenvalue weighted by Crippen LogP contribution is -2.19. The number of hydrogen-bond acceptors (Lipinski definition) is 6. The molecule has 0 atom stereocenters. The minimum atomic E-state index is -0.0495. The molecule has 0 aliphatic heterocycles. The molecule has 7 heteroatoms.